The number of aryl methyl sites for hydroxylation is 3. The molecule has 0 unspecified atom stereocenters. The van der Waals surface area contributed by atoms with Crippen LogP contribution in [-0.4, -0.2) is 22.2 Å². The number of carbonyl (C=O) groups excluding carboxylic acids is 1. The Labute approximate surface area is 160 Å². The van der Waals surface area contributed by atoms with Crippen molar-refractivity contribution in [3.63, 3.8) is 0 Å². The molecule has 1 amide bonds. The minimum Gasteiger partial charge on any atom is -0.352 e. The molecule has 1 aromatic heterocycles. The van der Waals surface area contributed by atoms with Crippen molar-refractivity contribution in [3.05, 3.63) is 51.3 Å². The molecule has 3 rings (SSSR count). The number of nitrogens with zero attached hydrogens (tertiary/aromatic N) is 2. The highest BCUT2D eigenvalue weighted by Gasteiger charge is 2.41. The maximum absolute atomic E-state index is 13.1. The van der Waals surface area contributed by atoms with E-state index in [0.717, 1.165) is 24.0 Å². The zero-order chi connectivity index (χ0) is 19.8. The van der Waals surface area contributed by atoms with Gasteiger partial charge in [-0.15, -0.1) is 0 Å². The second kappa shape index (κ2) is 7.54. The number of benzene rings is 1. The Balaban J connectivity index is 1.60. The quantitative estimate of drug-likeness (QED) is 0.704. The van der Waals surface area contributed by atoms with E-state index in [1.54, 1.807) is 6.07 Å². The summed E-state index contributed by atoms with van der Waals surface area (Å²) >= 11 is 5.95. The first-order valence-corrected chi connectivity index (χ1v) is 9.25. The normalized spacial score (nSPS) is 14.4. The van der Waals surface area contributed by atoms with Gasteiger partial charge in [-0.1, -0.05) is 17.7 Å². The van der Waals surface area contributed by atoms with Crippen molar-refractivity contribution in [2.45, 2.75) is 51.7 Å². The van der Waals surface area contributed by atoms with Gasteiger partial charge in [0.1, 0.15) is 0 Å². The minimum absolute atomic E-state index is 0.0474. The lowest BCUT2D eigenvalue weighted by molar-refractivity contribution is -0.141. The van der Waals surface area contributed by atoms with E-state index in [0.29, 0.717) is 24.2 Å². The number of hydrogen-bond donors (Lipinski definition) is 1. The van der Waals surface area contributed by atoms with Crippen molar-refractivity contribution >= 4 is 17.5 Å². The van der Waals surface area contributed by atoms with E-state index in [1.807, 2.05) is 26.0 Å². The van der Waals surface area contributed by atoms with Gasteiger partial charge in [0.25, 0.3) is 5.91 Å². The summed E-state index contributed by atoms with van der Waals surface area (Å²) in [7, 11) is 0. The van der Waals surface area contributed by atoms with Gasteiger partial charge in [-0.3, -0.25) is 9.48 Å². The molecule has 2 aromatic rings. The largest absolute Gasteiger partial charge is 0.436 e. The topological polar surface area (TPSA) is 46.9 Å². The summed E-state index contributed by atoms with van der Waals surface area (Å²) in [6.45, 7) is 4.52. The molecule has 0 atom stereocenters. The molecule has 1 N–H and O–H groups in total. The van der Waals surface area contributed by atoms with Crippen molar-refractivity contribution in [2.24, 2.45) is 0 Å². The Hall–Kier alpha value is -2.02. The first-order valence-electron chi connectivity index (χ1n) is 8.87. The van der Waals surface area contributed by atoms with Gasteiger partial charge in [0.05, 0.1) is 10.7 Å². The standard InChI is InChI=1S/C19H21ClF3N3O/c1-11-4-5-14(10-12(11)2)18(27)24-8-3-9-26-16(13-6-7-13)15(20)17(25-26)19(21,22)23/h4-5,10,13H,3,6-9H2,1-2H3,(H,24,27). The third kappa shape index (κ3) is 4.46. The van der Waals surface area contributed by atoms with Crippen LogP contribution in [0.3, 0.4) is 0 Å². The fourth-order valence-electron chi connectivity index (χ4n) is 2.97. The van der Waals surface area contributed by atoms with Crippen LogP contribution in [0, 0.1) is 13.8 Å². The zero-order valence-corrected chi connectivity index (χ0v) is 15.9. The monoisotopic (exact) mass is 399 g/mol. The predicted octanol–water partition coefficient (Wildman–Crippen LogP) is 4.87. The number of halogens is 4. The summed E-state index contributed by atoms with van der Waals surface area (Å²) in [5.74, 6) is -0.152. The number of hydrogen-bond acceptors (Lipinski definition) is 2. The average Bonchev–Trinajstić information content (AvgIpc) is 3.36. The molecule has 0 radical (unpaired) electrons. The zero-order valence-electron chi connectivity index (χ0n) is 15.2. The number of rotatable bonds is 6. The Morgan fingerprint density at radius 3 is 2.59 bits per heavy atom. The molecule has 1 aliphatic carbocycles. The summed E-state index contributed by atoms with van der Waals surface area (Å²) < 4.78 is 40.5. The maximum Gasteiger partial charge on any atom is 0.436 e. The van der Waals surface area contributed by atoms with E-state index in [9.17, 15) is 18.0 Å². The van der Waals surface area contributed by atoms with Crippen LogP contribution in [0.5, 0.6) is 0 Å². The summed E-state index contributed by atoms with van der Waals surface area (Å²) in [6.07, 6.45) is -2.45. The third-order valence-electron chi connectivity index (χ3n) is 4.77. The van der Waals surface area contributed by atoms with Gasteiger partial charge in [-0.05, 0) is 56.4 Å². The summed E-state index contributed by atoms with van der Waals surface area (Å²) in [5.41, 5.74) is 2.14. The fourth-order valence-corrected chi connectivity index (χ4v) is 3.36. The summed E-state index contributed by atoms with van der Waals surface area (Å²) in [6, 6.07) is 5.46. The van der Waals surface area contributed by atoms with Crippen LogP contribution < -0.4 is 5.32 Å². The smallest absolute Gasteiger partial charge is 0.352 e. The first kappa shape index (κ1) is 19.7. The molecular formula is C19H21ClF3N3O. The molecule has 1 aromatic carbocycles. The van der Waals surface area contributed by atoms with Crippen molar-refractivity contribution in [3.8, 4) is 0 Å². The van der Waals surface area contributed by atoms with E-state index in [1.165, 1.54) is 4.68 Å². The van der Waals surface area contributed by atoms with Crippen molar-refractivity contribution in [1.29, 1.82) is 0 Å². The van der Waals surface area contributed by atoms with Crippen LogP contribution in [0.4, 0.5) is 13.2 Å². The molecule has 8 heteroatoms. The van der Waals surface area contributed by atoms with Crippen molar-refractivity contribution in [1.82, 2.24) is 15.1 Å². The van der Waals surface area contributed by atoms with Gasteiger partial charge in [0, 0.05) is 24.6 Å². The lowest BCUT2D eigenvalue weighted by Gasteiger charge is -2.09. The second-order valence-corrected chi connectivity index (χ2v) is 7.33. The summed E-state index contributed by atoms with van der Waals surface area (Å²) in [5, 5.41) is 6.19. The van der Waals surface area contributed by atoms with Gasteiger partial charge in [-0.2, -0.15) is 18.3 Å². The van der Waals surface area contributed by atoms with Gasteiger partial charge in [0.2, 0.25) is 0 Å². The Morgan fingerprint density at radius 1 is 1.30 bits per heavy atom. The highest BCUT2D eigenvalue weighted by molar-refractivity contribution is 6.32. The number of amides is 1. The van der Waals surface area contributed by atoms with Crippen molar-refractivity contribution < 1.29 is 18.0 Å². The predicted molar refractivity (Wildman–Crippen MR) is 97.1 cm³/mol. The van der Waals surface area contributed by atoms with Crippen LogP contribution >= 0.6 is 11.6 Å². The van der Waals surface area contributed by atoms with Gasteiger partial charge in [0.15, 0.2) is 5.69 Å². The Bertz CT molecular complexity index is 857. The van der Waals surface area contributed by atoms with Crippen LogP contribution in [0.1, 0.15) is 58.1 Å². The summed E-state index contributed by atoms with van der Waals surface area (Å²) in [4.78, 5) is 12.2. The van der Waals surface area contributed by atoms with E-state index in [4.69, 9.17) is 11.6 Å². The number of carbonyl (C=O) groups is 1. The molecule has 0 aliphatic heterocycles. The maximum atomic E-state index is 13.1. The molecule has 1 fully saturated rings. The minimum atomic E-state index is -4.57. The van der Waals surface area contributed by atoms with E-state index in [-0.39, 0.29) is 23.4 Å². The SMILES string of the molecule is Cc1ccc(C(=O)NCCCn2nc(C(F)(F)F)c(Cl)c2C2CC2)cc1C. The van der Waals surface area contributed by atoms with E-state index >= 15 is 0 Å². The van der Waals surface area contributed by atoms with Gasteiger partial charge >= 0.3 is 6.18 Å². The lowest BCUT2D eigenvalue weighted by Crippen LogP contribution is -2.25. The number of alkyl halides is 3. The molecule has 1 saturated carbocycles. The molecule has 1 aliphatic rings. The van der Waals surface area contributed by atoms with Crippen LogP contribution in [-0.2, 0) is 12.7 Å². The van der Waals surface area contributed by atoms with Gasteiger partial charge < -0.3 is 5.32 Å². The van der Waals surface area contributed by atoms with Crippen molar-refractivity contribution in [2.75, 3.05) is 6.54 Å². The van der Waals surface area contributed by atoms with Crippen LogP contribution in [0.25, 0.3) is 0 Å². The fraction of sp³-hybridized carbons (Fsp3) is 0.474. The van der Waals surface area contributed by atoms with Crippen LogP contribution in [0.2, 0.25) is 5.02 Å². The molecule has 27 heavy (non-hydrogen) atoms. The van der Waals surface area contributed by atoms with Crippen LogP contribution in [0.15, 0.2) is 18.2 Å². The van der Waals surface area contributed by atoms with E-state index < -0.39 is 11.9 Å². The molecule has 0 spiro atoms. The highest BCUT2D eigenvalue weighted by Crippen LogP contribution is 2.46. The first-order chi connectivity index (χ1) is 12.7. The molecule has 146 valence electrons. The Morgan fingerprint density at radius 2 is 2.00 bits per heavy atom. The molecule has 4 nitrogen and oxygen atoms in total. The van der Waals surface area contributed by atoms with E-state index in [2.05, 4.69) is 10.4 Å². The molecule has 1 heterocycles. The molecular weight excluding hydrogens is 379 g/mol. The average molecular weight is 400 g/mol. The van der Waals surface area contributed by atoms with Gasteiger partial charge in [-0.25, -0.2) is 0 Å². The molecule has 0 bridgehead atoms. The number of aromatic nitrogens is 2. The molecule has 0 saturated heterocycles. The number of nitrogens with one attached hydrogen (secondary N) is 1. The lowest BCUT2D eigenvalue weighted by atomic mass is 10.1. The highest BCUT2D eigenvalue weighted by atomic mass is 35.5. The Kier molecular flexibility index (Phi) is 5.51. The second-order valence-electron chi connectivity index (χ2n) is 6.95. The third-order valence-corrected chi connectivity index (χ3v) is 5.14.